The normalized spacial score (nSPS) is 12.4. The number of esters is 3. The molecule has 1 atom stereocenters. The van der Waals surface area contributed by atoms with Crippen LogP contribution in [0, 0.1) is 0 Å². The van der Waals surface area contributed by atoms with Crippen LogP contribution in [0.1, 0.15) is 342 Å². The highest BCUT2D eigenvalue weighted by Crippen LogP contribution is 2.17. The summed E-state index contributed by atoms with van der Waals surface area (Å²) in [6.07, 6.45) is 81.0. The van der Waals surface area contributed by atoms with Gasteiger partial charge in [-0.15, -0.1) is 0 Å². The quantitative estimate of drug-likeness (QED) is 0.0261. The molecule has 0 fully saturated rings. The van der Waals surface area contributed by atoms with Gasteiger partial charge in [-0.25, -0.2) is 0 Å². The van der Waals surface area contributed by atoms with E-state index in [9.17, 15) is 14.4 Å². The van der Waals surface area contributed by atoms with Crippen molar-refractivity contribution in [1.29, 1.82) is 0 Å². The highest BCUT2D eigenvalue weighted by Gasteiger charge is 2.19. The summed E-state index contributed by atoms with van der Waals surface area (Å²) in [5.74, 6) is -0.910. The van der Waals surface area contributed by atoms with Crippen molar-refractivity contribution in [2.75, 3.05) is 13.2 Å². The minimum absolute atomic E-state index is 0.0853. The van der Waals surface area contributed by atoms with Gasteiger partial charge in [0.2, 0.25) is 0 Å². The van der Waals surface area contributed by atoms with Crippen molar-refractivity contribution in [3.8, 4) is 0 Å². The van der Waals surface area contributed by atoms with E-state index in [1.165, 1.54) is 218 Å². The Kier molecular flexibility index (Phi) is 61.2. The first kappa shape index (κ1) is 72.1. The van der Waals surface area contributed by atoms with Crippen LogP contribution in [0.5, 0.6) is 0 Å². The Labute approximate surface area is 466 Å². The molecule has 0 aliphatic rings. The molecule has 0 saturated heterocycles. The highest BCUT2D eigenvalue weighted by molar-refractivity contribution is 5.71. The number of hydrogen-bond donors (Lipinski definition) is 0. The van der Waals surface area contributed by atoms with Crippen molar-refractivity contribution >= 4 is 17.9 Å². The van der Waals surface area contributed by atoms with Crippen LogP contribution in [0.3, 0.4) is 0 Å². The van der Waals surface area contributed by atoms with Gasteiger partial charge in [-0.3, -0.25) is 14.4 Å². The van der Waals surface area contributed by atoms with Crippen LogP contribution in [-0.2, 0) is 28.6 Å². The maximum atomic E-state index is 12.9. The van der Waals surface area contributed by atoms with Gasteiger partial charge in [0, 0.05) is 19.3 Å². The molecule has 75 heavy (non-hydrogen) atoms. The summed E-state index contributed by atoms with van der Waals surface area (Å²) < 4.78 is 16.9. The Bertz CT molecular complexity index is 1340. The highest BCUT2D eigenvalue weighted by atomic mass is 16.6. The fourth-order valence-corrected chi connectivity index (χ4v) is 9.61. The summed E-state index contributed by atoms with van der Waals surface area (Å²) in [7, 11) is 0. The van der Waals surface area contributed by atoms with E-state index in [1.54, 1.807) is 0 Å². The lowest BCUT2D eigenvalue weighted by molar-refractivity contribution is -0.167. The standard InChI is InChI=1S/C69H124O6/c1-4-7-10-13-16-19-22-25-28-30-32-34-36-38-41-44-47-50-53-56-59-62-68(71)74-65-66(64-73-67(70)61-58-55-52-49-46-43-40-27-24-21-18-15-12-9-6-3)75-69(72)63-60-57-54-51-48-45-42-39-37-35-33-31-29-26-23-20-17-14-11-8-5-2/h9,12,18,21,27,30,32,40,46,49,66H,4-8,10-11,13-17,19-20,22-26,28-29,31,33-39,41-45,47-48,50-65H2,1-3H3/b12-9-,21-18-,32-30-,40-27-,49-46-. The van der Waals surface area contributed by atoms with E-state index < -0.39 is 6.10 Å². The topological polar surface area (TPSA) is 78.9 Å². The Morgan fingerprint density at radius 2 is 0.520 bits per heavy atom. The average Bonchev–Trinajstić information content (AvgIpc) is 3.41. The summed E-state index contributed by atoms with van der Waals surface area (Å²) in [6, 6.07) is 0. The SMILES string of the molecule is CC/C=C\C/C=C\C/C=C\C/C=C\CCCCC(=O)OCC(COC(=O)CCCCCCCCCCC/C=C\CCCCCCCCCC)OC(=O)CCCCCCCCCCCCCCCCCCCCCCC. The van der Waals surface area contributed by atoms with Gasteiger partial charge >= 0.3 is 17.9 Å². The van der Waals surface area contributed by atoms with Gasteiger partial charge in [-0.2, -0.15) is 0 Å². The van der Waals surface area contributed by atoms with E-state index in [1.807, 2.05) is 0 Å². The third-order valence-electron chi connectivity index (χ3n) is 14.5. The van der Waals surface area contributed by atoms with Crippen LogP contribution in [0.25, 0.3) is 0 Å². The number of unbranched alkanes of at least 4 members (excludes halogenated alkanes) is 39. The molecule has 0 rings (SSSR count). The first-order valence-corrected chi connectivity index (χ1v) is 32.8. The van der Waals surface area contributed by atoms with E-state index in [2.05, 4.69) is 81.5 Å². The maximum Gasteiger partial charge on any atom is 0.306 e. The first-order valence-electron chi connectivity index (χ1n) is 32.8. The Morgan fingerprint density at radius 3 is 0.853 bits per heavy atom. The molecule has 0 aliphatic heterocycles. The molecule has 1 unspecified atom stereocenters. The number of hydrogen-bond acceptors (Lipinski definition) is 6. The van der Waals surface area contributed by atoms with Crippen molar-refractivity contribution < 1.29 is 28.6 Å². The van der Waals surface area contributed by atoms with Gasteiger partial charge in [0.1, 0.15) is 13.2 Å². The number of rotatable bonds is 60. The van der Waals surface area contributed by atoms with E-state index in [0.717, 1.165) is 83.5 Å². The zero-order valence-corrected chi connectivity index (χ0v) is 50.1. The molecule has 0 amide bonds. The second-order valence-electron chi connectivity index (χ2n) is 22.0. The lowest BCUT2D eigenvalue weighted by atomic mass is 10.0. The van der Waals surface area contributed by atoms with Gasteiger partial charge in [-0.1, -0.05) is 300 Å². The molecule has 0 spiro atoms. The summed E-state index contributed by atoms with van der Waals surface area (Å²) in [5, 5.41) is 0. The molecule has 0 aromatic rings. The second kappa shape index (κ2) is 63.6. The maximum absolute atomic E-state index is 12.9. The van der Waals surface area contributed by atoms with Gasteiger partial charge < -0.3 is 14.2 Å². The minimum Gasteiger partial charge on any atom is -0.462 e. The van der Waals surface area contributed by atoms with Crippen LogP contribution >= 0.6 is 0 Å². The average molecular weight is 1050 g/mol. The van der Waals surface area contributed by atoms with E-state index in [4.69, 9.17) is 14.2 Å². The fourth-order valence-electron chi connectivity index (χ4n) is 9.61. The summed E-state index contributed by atoms with van der Waals surface area (Å²) in [4.78, 5) is 38.3. The third-order valence-corrected chi connectivity index (χ3v) is 14.5. The lowest BCUT2D eigenvalue weighted by Crippen LogP contribution is -2.30. The fraction of sp³-hybridized carbons (Fsp3) is 0.812. The Morgan fingerprint density at radius 1 is 0.280 bits per heavy atom. The molecular weight excluding hydrogens is 925 g/mol. The van der Waals surface area contributed by atoms with Crippen molar-refractivity contribution in [3.05, 3.63) is 60.8 Å². The molecule has 0 aliphatic carbocycles. The van der Waals surface area contributed by atoms with Crippen molar-refractivity contribution in [2.45, 2.75) is 348 Å². The summed E-state index contributed by atoms with van der Waals surface area (Å²) >= 11 is 0. The minimum atomic E-state index is -0.791. The molecule has 0 aromatic carbocycles. The number of carbonyl (C=O) groups excluding carboxylic acids is 3. The molecule has 0 bridgehead atoms. The summed E-state index contributed by atoms with van der Waals surface area (Å²) in [5.41, 5.74) is 0. The first-order chi connectivity index (χ1) is 37.0. The smallest absolute Gasteiger partial charge is 0.306 e. The molecular formula is C69H124O6. The molecule has 0 radical (unpaired) electrons. The molecule has 436 valence electrons. The predicted octanol–water partition coefficient (Wildman–Crippen LogP) is 22.3. The van der Waals surface area contributed by atoms with Crippen LogP contribution in [0.15, 0.2) is 60.8 Å². The molecule has 0 N–H and O–H groups in total. The monoisotopic (exact) mass is 1050 g/mol. The van der Waals surface area contributed by atoms with E-state index >= 15 is 0 Å². The van der Waals surface area contributed by atoms with E-state index in [-0.39, 0.29) is 31.1 Å². The van der Waals surface area contributed by atoms with E-state index in [0.29, 0.717) is 19.3 Å². The number of ether oxygens (including phenoxy) is 3. The second-order valence-corrected chi connectivity index (χ2v) is 22.0. The molecule has 6 heteroatoms. The van der Waals surface area contributed by atoms with Crippen molar-refractivity contribution in [2.24, 2.45) is 0 Å². The molecule has 0 aromatic heterocycles. The van der Waals surface area contributed by atoms with Gasteiger partial charge in [0.25, 0.3) is 0 Å². The predicted molar refractivity (Wildman–Crippen MR) is 325 cm³/mol. The molecule has 0 saturated carbocycles. The molecule has 0 heterocycles. The van der Waals surface area contributed by atoms with Crippen LogP contribution < -0.4 is 0 Å². The molecule has 6 nitrogen and oxygen atoms in total. The van der Waals surface area contributed by atoms with Crippen molar-refractivity contribution in [1.82, 2.24) is 0 Å². The summed E-state index contributed by atoms with van der Waals surface area (Å²) in [6.45, 7) is 6.54. The zero-order valence-electron chi connectivity index (χ0n) is 50.1. The Hall–Kier alpha value is -2.89. The van der Waals surface area contributed by atoms with Gasteiger partial charge in [0.15, 0.2) is 6.10 Å². The van der Waals surface area contributed by atoms with Crippen LogP contribution in [0.4, 0.5) is 0 Å². The number of allylic oxidation sites excluding steroid dienone is 10. The van der Waals surface area contributed by atoms with Crippen LogP contribution in [-0.4, -0.2) is 37.2 Å². The van der Waals surface area contributed by atoms with Gasteiger partial charge in [0.05, 0.1) is 0 Å². The lowest BCUT2D eigenvalue weighted by Gasteiger charge is -2.18. The van der Waals surface area contributed by atoms with Gasteiger partial charge in [-0.05, 0) is 83.5 Å². The van der Waals surface area contributed by atoms with Crippen LogP contribution in [0.2, 0.25) is 0 Å². The Balaban J connectivity index is 4.35. The van der Waals surface area contributed by atoms with Crippen molar-refractivity contribution in [3.63, 3.8) is 0 Å². The largest absolute Gasteiger partial charge is 0.462 e. The third kappa shape index (κ3) is 61.8. The zero-order chi connectivity index (χ0) is 54.3. The number of carbonyl (C=O) groups is 3.